The minimum absolute atomic E-state index is 0.0768. The van der Waals surface area contributed by atoms with Crippen LogP contribution in [0, 0.1) is 0 Å². The van der Waals surface area contributed by atoms with E-state index >= 15 is 0 Å². The summed E-state index contributed by atoms with van der Waals surface area (Å²) in [6, 6.07) is 5.44. The molecule has 15 heavy (non-hydrogen) atoms. The van der Waals surface area contributed by atoms with E-state index in [2.05, 4.69) is 13.0 Å². The van der Waals surface area contributed by atoms with Crippen molar-refractivity contribution in [3.63, 3.8) is 0 Å². The number of phenols is 1. The molecule has 0 aliphatic rings. The first kappa shape index (κ1) is 11.6. The lowest BCUT2D eigenvalue weighted by Crippen LogP contribution is -2.05. The second kappa shape index (κ2) is 5.44. The quantitative estimate of drug-likeness (QED) is 0.815. The Bertz CT molecular complexity index is 340. The zero-order chi connectivity index (χ0) is 11.3. The summed E-state index contributed by atoms with van der Waals surface area (Å²) < 4.78 is 5.43. The van der Waals surface area contributed by atoms with Gasteiger partial charge in [-0.05, 0) is 38.0 Å². The molecule has 1 aromatic carbocycles. The molecular formula is C13H18O2. The summed E-state index contributed by atoms with van der Waals surface area (Å²) in [5, 5.41) is 9.68. The van der Waals surface area contributed by atoms with E-state index in [1.807, 2.05) is 26.0 Å². The van der Waals surface area contributed by atoms with Crippen LogP contribution in [0.25, 0.3) is 6.08 Å². The highest BCUT2D eigenvalue weighted by Crippen LogP contribution is 2.28. The Labute approximate surface area is 91.2 Å². The number of benzene rings is 1. The maximum Gasteiger partial charge on any atom is 0.161 e. The molecule has 0 unspecified atom stereocenters. The molecule has 0 aliphatic carbocycles. The summed E-state index contributed by atoms with van der Waals surface area (Å²) in [4.78, 5) is 0. The van der Waals surface area contributed by atoms with Crippen LogP contribution in [0.4, 0.5) is 0 Å². The van der Waals surface area contributed by atoms with Gasteiger partial charge in [0.25, 0.3) is 0 Å². The van der Waals surface area contributed by atoms with Crippen molar-refractivity contribution in [2.75, 3.05) is 0 Å². The largest absolute Gasteiger partial charge is 0.504 e. The Morgan fingerprint density at radius 1 is 1.40 bits per heavy atom. The minimum atomic E-state index is 0.0768. The Morgan fingerprint density at radius 2 is 2.13 bits per heavy atom. The van der Waals surface area contributed by atoms with Crippen LogP contribution in [0.2, 0.25) is 0 Å². The molecule has 0 aliphatic heterocycles. The average Bonchev–Trinajstić information content (AvgIpc) is 2.18. The highest BCUT2D eigenvalue weighted by atomic mass is 16.5. The van der Waals surface area contributed by atoms with Gasteiger partial charge in [-0.25, -0.2) is 0 Å². The second-order valence-corrected chi connectivity index (χ2v) is 3.70. The first-order chi connectivity index (χ1) is 7.13. The van der Waals surface area contributed by atoms with Crippen molar-refractivity contribution in [3.8, 4) is 11.5 Å². The fourth-order valence-corrected chi connectivity index (χ4v) is 1.25. The lowest BCUT2D eigenvalue weighted by molar-refractivity contribution is 0.232. The van der Waals surface area contributed by atoms with Crippen LogP contribution >= 0.6 is 0 Å². The number of hydrogen-bond donors (Lipinski definition) is 1. The number of allylic oxidation sites excluding steroid dienone is 1. The lowest BCUT2D eigenvalue weighted by Gasteiger charge is -2.11. The van der Waals surface area contributed by atoms with Gasteiger partial charge in [-0.15, -0.1) is 0 Å². The zero-order valence-corrected chi connectivity index (χ0v) is 9.53. The Hall–Kier alpha value is -1.44. The van der Waals surface area contributed by atoms with Gasteiger partial charge in [0, 0.05) is 0 Å². The third kappa shape index (κ3) is 3.66. The summed E-state index contributed by atoms with van der Waals surface area (Å²) in [7, 11) is 0. The van der Waals surface area contributed by atoms with Crippen molar-refractivity contribution in [3.05, 3.63) is 29.8 Å². The Balaban J connectivity index is 2.83. The fraction of sp³-hybridized carbons (Fsp3) is 0.385. The highest BCUT2D eigenvalue weighted by molar-refractivity contribution is 5.55. The normalized spacial score (nSPS) is 11.2. The summed E-state index contributed by atoms with van der Waals surface area (Å²) in [6.45, 7) is 5.95. The molecule has 1 rings (SSSR count). The maximum absolute atomic E-state index is 9.68. The van der Waals surface area contributed by atoms with E-state index in [1.54, 1.807) is 12.1 Å². The van der Waals surface area contributed by atoms with Crippen molar-refractivity contribution in [2.45, 2.75) is 33.3 Å². The predicted molar refractivity (Wildman–Crippen MR) is 63.2 cm³/mol. The summed E-state index contributed by atoms with van der Waals surface area (Å²) in [5.74, 6) is 0.737. The molecule has 1 aromatic rings. The van der Waals surface area contributed by atoms with E-state index in [9.17, 15) is 5.11 Å². The first-order valence-corrected chi connectivity index (χ1v) is 5.29. The Morgan fingerprint density at radius 3 is 2.67 bits per heavy atom. The average molecular weight is 206 g/mol. The molecule has 1 N–H and O–H groups in total. The number of hydrogen-bond acceptors (Lipinski definition) is 2. The number of aromatic hydroxyl groups is 1. The van der Waals surface area contributed by atoms with Crippen molar-refractivity contribution in [1.29, 1.82) is 0 Å². The van der Waals surface area contributed by atoms with Gasteiger partial charge in [-0.3, -0.25) is 0 Å². The predicted octanol–water partition coefficient (Wildman–Crippen LogP) is 3.60. The van der Waals surface area contributed by atoms with Gasteiger partial charge in [-0.2, -0.15) is 0 Å². The fourth-order valence-electron chi connectivity index (χ4n) is 1.25. The van der Waals surface area contributed by atoms with Crippen LogP contribution in [0.1, 0.15) is 32.8 Å². The molecule has 0 radical (unpaired) electrons. The van der Waals surface area contributed by atoms with E-state index in [0.29, 0.717) is 5.75 Å². The summed E-state index contributed by atoms with van der Waals surface area (Å²) in [6.07, 6.45) is 5.11. The van der Waals surface area contributed by atoms with Gasteiger partial charge < -0.3 is 9.84 Å². The standard InChI is InChI=1S/C13H18O2/c1-4-5-6-11-7-8-13(12(14)9-11)15-10(2)3/h5-10,14H,4H2,1-3H3/b6-5+. The molecule has 0 heterocycles. The van der Waals surface area contributed by atoms with Crippen LogP contribution in [0.5, 0.6) is 11.5 Å². The van der Waals surface area contributed by atoms with Gasteiger partial charge in [0.15, 0.2) is 11.5 Å². The van der Waals surface area contributed by atoms with Crippen molar-refractivity contribution >= 4 is 6.08 Å². The molecule has 0 saturated heterocycles. The summed E-state index contributed by atoms with van der Waals surface area (Å²) >= 11 is 0. The molecule has 82 valence electrons. The maximum atomic E-state index is 9.68. The Kier molecular flexibility index (Phi) is 4.22. The number of rotatable bonds is 4. The highest BCUT2D eigenvalue weighted by Gasteiger charge is 2.04. The minimum Gasteiger partial charge on any atom is -0.504 e. The van der Waals surface area contributed by atoms with Gasteiger partial charge in [0.05, 0.1) is 6.10 Å². The van der Waals surface area contributed by atoms with Crippen molar-refractivity contribution in [2.24, 2.45) is 0 Å². The lowest BCUT2D eigenvalue weighted by atomic mass is 10.2. The molecule has 2 heteroatoms. The van der Waals surface area contributed by atoms with Gasteiger partial charge in [0.2, 0.25) is 0 Å². The smallest absolute Gasteiger partial charge is 0.161 e. The van der Waals surface area contributed by atoms with Gasteiger partial charge in [0.1, 0.15) is 0 Å². The van der Waals surface area contributed by atoms with Crippen LogP contribution in [-0.2, 0) is 0 Å². The van der Waals surface area contributed by atoms with Crippen molar-refractivity contribution in [1.82, 2.24) is 0 Å². The number of phenolic OH excluding ortho intramolecular Hbond substituents is 1. The van der Waals surface area contributed by atoms with Crippen LogP contribution < -0.4 is 4.74 Å². The molecule has 0 atom stereocenters. The zero-order valence-electron chi connectivity index (χ0n) is 9.53. The van der Waals surface area contributed by atoms with Gasteiger partial charge >= 0.3 is 0 Å². The molecule has 0 aromatic heterocycles. The molecule has 0 bridgehead atoms. The van der Waals surface area contributed by atoms with Crippen molar-refractivity contribution < 1.29 is 9.84 Å². The van der Waals surface area contributed by atoms with Crippen LogP contribution in [0.15, 0.2) is 24.3 Å². The molecule has 0 saturated carbocycles. The third-order valence-electron chi connectivity index (χ3n) is 1.89. The van der Waals surface area contributed by atoms with E-state index < -0.39 is 0 Å². The van der Waals surface area contributed by atoms with Gasteiger partial charge in [-0.1, -0.05) is 25.1 Å². The van der Waals surface area contributed by atoms with Crippen LogP contribution in [0.3, 0.4) is 0 Å². The molecule has 0 spiro atoms. The summed E-state index contributed by atoms with van der Waals surface area (Å²) in [5.41, 5.74) is 0.991. The first-order valence-electron chi connectivity index (χ1n) is 5.29. The SMILES string of the molecule is CC/C=C/c1ccc(OC(C)C)c(O)c1. The van der Waals surface area contributed by atoms with E-state index in [-0.39, 0.29) is 11.9 Å². The molecule has 0 fully saturated rings. The van der Waals surface area contributed by atoms with E-state index in [4.69, 9.17) is 4.74 Å². The molecule has 0 amide bonds. The monoisotopic (exact) mass is 206 g/mol. The van der Waals surface area contributed by atoms with E-state index in [1.165, 1.54) is 0 Å². The second-order valence-electron chi connectivity index (χ2n) is 3.70. The number of ether oxygens (including phenoxy) is 1. The van der Waals surface area contributed by atoms with E-state index in [0.717, 1.165) is 12.0 Å². The topological polar surface area (TPSA) is 29.5 Å². The third-order valence-corrected chi connectivity index (χ3v) is 1.89. The molecule has 2 nitrogen and oxygen atoms in total. The van der Waals surface area contributed by atoms with Crippen LogP contribution in [-0.4, -0.2) is 11.2 Å². The molecular weight excluding hydrogens is 188 g/mol.